The second-order valence-corrected chi connectivity index (χ2v) is 15.1. The first-order valence-corrected chi connectivity index (χ1v) is 13.6. The zero-order valence-electron chi connectivity index (χ0n) is 15.8. The van der Waals surface area contributed by atoms with Crippen LogP contribution in [-0.2, 0) is 0 Å². The fourth-order valence-electron chi connectivity index (χ4n) is 8.26. The second kappa shape index (κ2) is 6.28. The number of rotatable bonds is 1. The van der Waals surface area contributed by atoms with Crippen LogP contribution in [0.1, 0.15) is 71.6 Å². The molecule has 0 spiro atoms. The molecule has 2 heteroatoms. The second-order valence-electron chi connectivity index (χ2n) is 10.3. The third-order valence-corrected chi connectivity index (χ3v) is 15.3. The Morgan fingerprint density at radius 3 is 2.52 bits per heavy atom. The zero-order valence-corrected chi connectivity index (χ0v) is 16.8. The molecule has 2 saturated carbocycles. The van der Waals surface area contributed by atoms with E-state index in [9.17, 15) is 0 Å². The molecule has 2 N–H and O–H groups in total. The molecule has 4 rings (SSSR count). The third-order valence-electron chi connectivity index (χ3n) is 8.97. The van der Waals surface area contributed by atoms with Crippen LogP contribution in [0, 0.1) is 29.6 Å². The Labute approximate surface area is 144 Å². The number of fused-ring (bicyclic) bond motifs is 4. The molecule has 2 aliphatic heterocycles. The zero-order chi connectivity index (χ0) is 16.2. The molecular weight excluding hydrogens is 297 g/mol. The summed E-state index contributed by atoms with van der Waals surface area (Å²) >= 11 is 0. The van der Waals surface area contributed by atoms with E-state index in [1.54, 1.807) is 19.0 Å². The van der Waals surface area contributed by atoms with Crippen LogP contribution in [0.5, 0.6) is 0 Å². The van der Waals surface area contributed by atoms with Gasteiger partial charge in [-0.3, -0.25) is 0 Å². The Morgan fingerprint density at radius 2 is 1.74 bits per heavy atom. The third kappa shape index (κ3) is 2.73. The number of hydrogen-bond acceptors (Lipinski definition) is 1. The van der Waals surface area contributed by atoms with Gasteiger partial charge in [-0.1, -0.05) is 0 Å². The summed E-state index contributed by atoms with van der Waals surface area (Å²) in [6, 6.07) is 0.492. The molecule has 2 saturated heterocycles. The van der Waals surface area contributed by atoms with Gasteiger partial charge in [0.25, 0.3) is 0 Å². The molecule has 8 unspecified atom stereocenters. The summed E-state index contributed by atoms with van der Waals surface area (Å²) in [4.78, 5) is 0. The molecule has 0 radical (unpaired) electrons. The Morgan fingerprint density at radius 1 is 0.957 bits per heavy atom. The van der Waals surface area contributed by atoms with Crippen molar-refractivity contribution >= 4 is 7.26 Å². The summed E-state index contributed by atoms with van der Waals surface area (Å²) in [5, 5.41) is 0. The first-order valence-electron chi connectivity index (χ1n) is 10.8. The standard InChI is InChI=1S/C21H40NP/c1-4-20-19-10-9-18-16-7-6-15(13-23(20,3)21(18)19)12-17(22)8-5-14(2)11-16/h14-21,23H,4-13,22H2,1-3H3. The van der Waals surface area contributed by atoms with E-state index >= 15 is 0 Å². The minimum atomic E-state index is -1.04. The minimum absolute atomic E-state index is 0.492. The molecule has 2 heterocycles. The topological polar surface area (TPSA) is 26.0 Å². The van der Waals surface area contributed by atoms with Crippen molar-refractivity contribution in [3.05, 3.63) is 0 Å². The van der Waals surface area contributed by atoms with E-state index in [0.29, 0.717) is 6.04 Å². The predicted octanol–water partition coefficient (Wildman–Crippen LogP) is 5.12. The predicted molar refractivity (Wildman–Crippen MR) is 105 cm³/mol. The van der Waals surface area contributed by atoms with E-state index in [1.165, 1.54) is 50.6 Å². The van der Waals surface area contributed by atoms with Crippen molar-refractivity contribution in [3.8, 4) is 0 Å². The Hall–Kier alpha value is 0.390. The van der Waals surface area contributed by atoms with Crippen molar-refractivity contribution in [2.24, 2.45) is 35.3 Å². The van der Waals surface area contributed by atoms with Crippen LogP contribution in [0.4, 0.5) is 0 Å². The van der Waals surface area contributed by atoms with Gasteiger partial charge in [-0.15, -0.1) is 0 Å². The van der Waals surface area contributed by atoms with Gasteiger partial charge < -0.3 is 0 Å². The molecule has 4 aliphatic rings. The van der Waals surface area contributed by atoms with Crippen LogP contribution < -0.4 is 5.73 Å². The van der Waals surface area contributed by atoms with Crippen LogP contribution in [0.25, 0.3) is 0 Å². The van der Waals surface area contributed by atoms with Gasteiger partial charge in [-0.2, -0.15) is 0 Å². The molecule has 0 aromatic rings. The average molecular weight is 338 g/mol. The van der Waals surface area contributed by atoms with Gasteiger partial charge in [-0.25, -0.2) is 0 Å². The van der Waals surface area contributed by atoms with Crippen molar-refractivity contribution < 1.29 is 0 Å². The van der Waals surface area contributed by atoms with Gasteiger partial charge in [0, 0.05) is 0 Å². The van der Waals surface area contributed by atoms with Crippen LogP contribution in [0.15, 0.2) is 0 Å². The van der Waals surface area contributed by atoms with Crippen LogP contribution >= 0.6 is 7.26 Å². The van der Waals surface area contributed by atoms with Crippen molar-refractivity contribution in [2.45, 2.75) is 89.0 Å². The fourth-order valence-corrected chi connectivity index (χ4v) is 15.7. The van der Waals surface area contributed by atoms with Gasteiger partial charge in [0.05, 0.1) is 0 Å². The van der Waals surface area contributed by atoms with Crippen LogP contribution in [-0.4, -0.2) is 30.2 Å². The van der Waals surface area contributed by atoms with Crippen LogP contribution in [0.3, 0.4) is 0 Å². The maximum atomic E-state index is 6.55. The van der Waals surface area contributed by atoms with E-state index in [1.807, 2.05) is 0 Å². The van der Waals surface area contributed by atoms with Gasteiger partial charge in [-0.05, 0) is 0 Å². The van der Waals surface area contributed by atoms with Crippen molar-refractivity contribution in [1.82, 2.24) is 0 Å². The Balaban J connectivity index is 1.65. The summed E-state index contributed by atoms with van der Waals surface area (Å²) in [5.41, 5.74) is 8.92. The molecule has 4 fully saturated rings. The molecule has 2 bridgehead atoms. The normalized spacial score (nSPS) is 53.6. The summed E-state index contributed by atoms with van der Waals surface area (Å²) in [7, 11) is -1.04. The monoisotopic (exact) mass is 337 g/mol. The van der Waals surface area contributed by atoms with E-state index in [4.69, 9.17) is 5.73 Å². The summed E-state index contributed by atoms with van der Waals surface area (Å²) in [5.74, 6) is 5.25. The van der Waals surface area contributed by atoms with Gasteiger partial charge >= 0.3 is 144 Å². The maximum absolute atomic E-state index is 6.55. The van der Waals surface area contributed by atoms with Crippen LogP contribution in [0.2, 0.25) is 0 Å². The molecule has 0 amide bonds. The van der Waals surface area contributed by atoms with E-state index < -0.39 is 7.26 Å². The molecule has 134 valence electrons. The number of hydrogen-bond donors (Lipinski definition) is 1. The molecule has 8 atom stereocenters. The van der Waals surface area contributed by atoms with Crippen molar-refractivity contribution in [1.29, 1.82) is 0 Å². The molecular formula is C21H40NP. The quantitative estimate of drug-likeness (QED) is 0.661. The van der Waals surface area contributed by atoms with E-state index in [2.05, 4.69) is 20.5 Å². The SMILES string of the molecule is CCC1C2CCC3C4CCC(CC(N)CCC(C)C4)C[PH]1(C)C32. The summed E-state index contributed by atoms with van der Waals surface area (Å²) in [6.07, 6.45) is 14.9. The molecule has 0 aromatic carbocycles. The molecule has 0 aromatic heterocycles. The van der Waals surface area contributed by atoms with Crippen molar-refractivity contribution in [2.75, 3.05) is 12.8 Å². The average Bonchev–Trinajstić information content (AvgIpc) is 2.88. The van der Waals surface area contributed by atoms with Gasteiger partial charge in [0.15, 0.2) is 0 Å². The van der Waals surface area contributed by atoms with E-state index in [-0.39, 0.29) is 0 Å². The first kappa shape index (κ1) is 16.8. The molecule has 23 heavy (non-hydrogen) atoms. The van der Waals surface area contributed by atoms with E-state index in [0.717, 1.165) is 35.2 Å². The fraction of sp³-hybridized carbons (Fsp3) is 1.00. The Bertz CT molecular complexity index is 438. The first-order chi connectivity index (χ1) is 11.0. The van der Waals surface area contributed by atoms with Gasteiger partial charge in [0.2, 0.25) is 0 Å². The number of nitrogens with two attached hydrogens (primary N) is 1. The summed E-state index contributed by atoms with van der Waals surface area (Å²) < 4.78 is 0. The van der Waals surface area contributed by atoms with Crippen molar-refractivity contribution in [3.63, 3.8) is 0 Å². The molecule has 1 nitrogen and oxygen atoms in total. The molecule has 2 aliphatic carbocycles. The van der Waals surface area contributed by atoms with Gasteiger partial charge in [0.1, 0.15) is 0 Å². The summed E-state index contributed by atoms with van der Waals surface area (Å²) in [6.45, 7) is 7.84. The Kier molecular flexibility index (Phi) is 4.60.